The Morgan fingerprint density at radius 2 is 1.67 bits per heavy atom. The summed E-state index contributed by atoms with van der Waals surface area (Å²) in [6, 6.07) is 13.9. The average molecular weight is 348 g/mol. The van der Waals surface area contributed by atoms with Gasteiger partial charge in [-0.25, -0.2) is 0 Å². The highest BCUT2D eigenvalue weighted by Crippen LogP contribution is 2.15. The highest BCUT2D eigenvalue weighted by Gasteiger charge is 2.14. The number of hydrogen-bond acceptors (Lipinski definition) is 3. The van der Waals surface area contributed by atoms with Crippen LogP contribution in [0.15, 0.2) is 48.5 Å². The van der Waals surface area contributed by atoms with Crippen molar-refractivity contribution in [1.29, 1.82) is 0 Å². The first-order valence-corrected chi connectivity index (χ1v) is 7.81. The zero-order chi connectivity index (χ0) is 17.5. The van der Waals surface area contributed by atoms with Crippen molar-refractivity contribution in [3.05, 3.63) is 64.7 Å². The second-order valence-electron chi connectivity index (χ2n) is 5.32. The third-order valence-electron chi connectivity index (χ3n) is 3.34. The maximum absolute atomic E-state index is 12.1. The Bertz CT molecular complexity index is 698. The Kier molecular flexibility index (Phi) is 6.21. The first kappa shape index (κ1) is 17.8. The zero-order valence-electron chi connectivity index (χ0n) is 13.2. The van der Waals surface area contributed by atoms with E-state index < -0.39 is 12.1 Å². The summed E-state index contributed by atoms with van der Waals surface area (Å²) in [4.78, 5) is 22.7. The van der Waals surface area contributed by atoms with Crippen LogP contribution in [-0.4, -0.2) is 23.1 Å². The molecule has 1 amide bonds. The molecule has 0 bridgehead atoms. The maximum atomic E-state index is 12.1. The SMILES string of the molecule is C[C@@H](Oc1ccc(CC(=O)O)cc1)C(=O)NCc1ccc(Cl)cc1. The number of amides is 1. The third kappa shape index (κ3) is 5.59. The van der Waals surface area contributed by atoms with E-state index >= 15 is 0 Å². The summed E-state index contributed by atoms with van der Waals surface area (Å²) in [7, 11) is 0. The Labute approximate surface area is 145 Å². The molecular formula is C18H18ClNO4. The van der Waals surface area contributed by atoms with E-state index in [-0.39, 0.29) is 12.3 Å². The molecule has 0 aliphatic rings. The van der Waals surface area contributed by atoms with E-state index in [0.717, 1.165) is 5.56 Å². The summed E-state index contributed by atoms with van der Waals surface area (Å²) in [5.41, 5.74) is 1.62. The summed E-state index contributed by atoms with van der Waals surface area (Å²) in [5.74, 6) is -0.614. The number of hydrogen-bond donors (Lipinski definition) is 2. The molecule has 126 valence electrons. The molecule has 0 heterocycles. The molecule has 6 heteroatoms. The van der Waals surface area contributed by atoms with Crippen molar-refractivity contribution in [2.45, 2.75) is 26.0 Å². The number of aliphatic carboxylic acids is 1. The van der Waals surface area contributed by atoms with E-state index in [4.69, 9.17) is 21.4 Å². The van der Waals surface area contributed by atoms with Gasteiger partial charge in [0.25, 0.3) is 5.91 Å². The fourth-order valence-corrected chi connectivity index (χ4v) is 2.18. The van der Waals surface area contributed by atoms with E-state index in [0.29, 0.717) is 22.9 Å². The highest BCUT2D eigenvalue weighted by atomic mass is 35.5. The van der Waals surface area contributed by atoms with Gasteiger partial charge in [0, 0.05) is 11.6 Å². The van der Waals surface area contributed by atoms with Crippen molar-refractivity contribution in [1.82, 2.24) is 5.32 Å². The van der Waals surface area contributed by atoms with Crippen LogP contribution < -0.4 is 10.1 Å². The molecule has 24 heavy (non-hydrogen) atoms. The number of carbonyl (C=O) groups is 2. The van der Waals surface area contributed by atoms with Gasteiger partial charge in [0.05, 0.1) is 6.42 Å². The first-order chi connectivity index (χ1) is 11.4. The molecule has 0 saturated carbocycles. The fraction of sp³-hybridized carbons (Fsp3) is 0.222. The number of rotatable bonds is 7. The molecule has 0 radical (unpaired) electrons. The van der Waals surface area contributed by atoms with Crippen LogP contribution in [0.2, 0.25) is 5.02 Å². The number of carboxylic acids is 1. The topological polar surface area (TPSA) is 75.6 Å². The minimum absolute atomic E-state index is 0.0442. The summed E-state index contributed by atoms with van der Waals surface area (Å²) in [5, 5.41) is 12.2. The minimum Gasteiger partial charge on any atom is -0.481 e. The van der Waals surface area contributed by atoms with E-state index in [2.05, 4.69) is 5.32 Å². The molecule has 0 aromatic heterocycles. The van der Waals surface area contributed by atoms with Crippen LogP contribution in [0.25, 0.3) is 0 Å². The van der Waals surface area contributed by atoms with E-state index in [9.17, 15) is 9.59 Å². The van der Waals surface area contributed by atoms with E-state index in [1.165, 1.54) is 0 Å². The Balaban J connectivity index is 1.84. The standard InChI is InChI=1S/C18H18ClNO4/c1-12(18(23)20-11-14-2-6-15(19)7-3-14)24-16-8-4-13(5-9-16)10-17(21)22/h2-9,12H,10-11H2,1H3,(H,20,23)(H,21,22)/t12-/m1/s1. The normalized spacial score (nSPS) is 11.6. The number of benzene rings is 2. The van der Waals surface area contributed by atoms with Gasteiger partial charge in [0.15, 0.2) is 6.10 Å². The molecule has 0 fully saturated rings. The predicted molar refractivity (Wildman–Crippen MR) is 91.2 cm³/mol. The lowest BCUT2D eigenvalue weighted by atomic mass is 10.1. The summed E-state index contributed by atoms with van der Waals surface area (Å²) >= 11 is 5.81. The molecule has 0 aliphatic carbocycles. The summed E-state index contributed by atoms with van der Waals surface area (Å²) < 4.78 is 5.56. The van der Waals surface area contributed by atoms with Crippen molar-refractivity contribution in [2.75, 3.05) is 0 Å². The molecule has 2 rings (SSSR count). The van der Waals surface area contributed by atoms with Crippen LogP contribution in [0, 0.1) is 0 Å². The quantitative estimate of drug-likeness (QED) is 0.807. The largest absolute Gasteiger partial charge is 0.481 e. The number of ether oxygens (including phenoxy) is 1. The second-order valence-corrected chi connectivity index (χ2v) is 5.76. The molecular weight excluding hydrogens is 330 g/mol. The molecule has 0 spiro atoms. The van der Waals surface area contributed by atoms with Gasteiger partial charge < -0.3 is 15.2 Å². The number of carboxylic acid groups (broad SMARTS) is 1. The lowest BCUT2D eigenvalue weighted by Crippen LogP contribution is -2.35. The number of halogens is 1. The van der Waals surface area contributed by atoms with Crippen molar-refractivity contribution < 1.29 is 19.4 Å². The monoisotopic (exact) mass is 347 g/mol. The molecule has 1 atom stereocenters. The van der Waals surface area contributed by atoms with Gasteiger partial charge in [-0.1, -0.05) is 35.9 Å². The smallest absolute Gasteiger partial charge is 0.307 e. The Hall–Kier alpha value is -2.53. The van der Waals surface area contributed by atoms with Gasteiger partial charge in [0.2, 0.25) is 0 Å². The molecule has 5 nitrogen and oxygen atoms in total. The lowest BCUT2D eigenvalue weighted by molar-refractivity contribution is -0.136. The fourth-order valence-electron chi connectivity index (χ4n) is 2.05. The van der Waals surface area contributed by atoms with E-state index in [1.54, 1.807) is 43.3 Å². The lowest BCUT2D eigenvalue weighted by Gasteiger charge is -2.15. The van der Waals surface area contributed by atoms with Crippen LogP contribution in [0.1, 0.15) is 18.1 Å². The second kappa shape index (κ2) is 8.36. The van der Waals surface area contributed by atoms with Crippen molar-refractivity contribution >= 4 is 23.5 Å². The Morgan fingerprint density at radius 1 is 1.08 bits per heavy atom. The summed E-state index contributed by atoms with van der Waals surface area (Å²) in [6.07, 6.45) is -0.708. The molecule has 0 aliphatic heterocycles. The molecule has 0 unspecified atom stereocenters. The molecule has 0 saturated heterocycles. The van der Waals surface area contributed by atoms with E-state index in [1.807, 2.05) is 12.1 Å². The van der Waals surface area contributed by atoms with Crippen LogP contribution >= 0.6 is 11.6 Å². The Morgan fingerprint density at radius 3 is 2.25 bits per heavy atom. The van der Waals surface area contributed by atoms with Gasteiger partial charge in [-0.3, -0.25) is 9.59 Å². The van der Waals surface area contributed by atoms with Crippen molar-refractivity contribution in [3.8, 4) is 5.75 Å². The van der Waals surface area contributed by atoms with Crippen molar-refractivity contribution in [3.63, 3.8) is 0 Å². The number of nitrogens with one attached hydrogen (secondary N) is 1. The van der Waals surface area contributed by atoms with Gasteiger partial charge in [-0.15, -0.1) is 0 Å². The van der Waals surface area contributed by atoms with Gasteiger partial charge in [-0.05, 0) is 42.3 Å². The maximum Gasteiger partial charge on any atom is 0.307 e. The zero-order valence-corrected chi connectivity index (χ0v) is 13.9. The van der Waals surface area contributed by atoms with Gasteiger partial charge in [0.1, 0.15) is 5.75 Å². The predicted octanol–water partition coefficient (Wildman–Crippen LogP) is 3.05. The van der Waals surface area contributed by atoms with Gasteiger partial charge in [-0.2, -0.15) is 0 Å². The van der Waals surface area contributed by atoms with Crippen molar-refractivity contribution in [2.24, 2.45) is 0 Å². The summed E-state index contributed by atoms with van der Waals surface area (Å²) in [6.45, 7) is 2.05. The molecule has 2 aromatic carbocycles. The van der Waals surface area contributed by atoms with Crippen LogP contribution in [-0.2, 0) is 22.6 Å². The number of carbonyl (C=O) groups excluding carboxylic acids is 1. The molecule has 2 aromatic rings. The van der Waals surface area contributed by atoms with Crippen LogP contribution in [0.5, 0.6) is 5.75 Å². The third-order valence-corrected chi connectivity index (χ3v) is 3.59. The molecule has 2 N–H and O–H groups in total. The minimum atomic E-state index is -0.890. The average Bonchev–Trinajstić information content (AvgIpc) is 2.55. The van der Waals surface area contributed by atoms with Crippen LogP contribution in [0.3, 0.4) is 0 Å². The highest BCUT2D eigenvalue weighted by molar-refractivity contribution is 6.30. The van der Waals surface area contributed by atoms with Gasteiger partial charge >= 0.3 is 5.97 Å². The first-order valence-electron chi connectivity index (χ1n) is 7.43. The van der Waals surface area contributed by atoms with Crippen LogP contribution in [0.4, 0.5) is 0 Å².